The molecule has 1 aliphatic heterocycles. The molecule has 1 N–H and O–H groups in total. The molecule has 1 atom stereocenters. The topological polar surface area (TPSA) is 54.8 Å². The summed E-state index contributed by atoms with van der Waals surface area (Å²) in [5, 5.41) is 9.63. The number of para-hydroxylation sites is 1. The molecule has 6 heteroatoms. The molecule has 0 saturated carbocycles. The number of aromatic nitrogens is 1. The Morgan fingerprint density at radius 2 is 2.00 bits per heavy atom. The number of anilines is 1. The molecule has 1 aromatic heterocycles. The summed E-state index contributed by atoms with van der Waals surface area (Å²) >= 11 is 0. The van der Waals surface area contributed by atoms with Crippen LogP contribution in [0, 0.1) is 5.82 Å². The number of pyridine rings is 1. The summed E-state index contributed by atoms with van der Waals surface area (Å²) in [5.74, 6) is 1.54. The van der Waals surface area contributed by atoms with Crippen LogP contribution in [0.5, 0.6) is 17.4 Å². The Balaban J connectivity index is 1.51. The summed E-state index contributed by atoms with van der Waals surface area (Å²) < 4.78 is 25.9. The molecule has 0 amide bonds. The Labute approximate surface area is 188 Å². The van der Waals surface area contributed by atoms with Crippen LogP contribution in [0.2, 0.25) is 0 Å². The minimum absolute atomic E-state index is 0.0440. The number of hydrogen-bond donors (Lipinski definition) is 1. The molecule has 1 fully saturated rings. The van der Waals surface area contributed by atoms with Gasteiger partial charge in [0.2, 0.25) is 0 Å². The van der Waals surface area contributed by atoms with Gasteiger partial charge in [-0.05, 0) is 59.9 Å². The maximum atomic E-state index is 13.9. The summed E-state index contributed by atoms with van der Waals surface area (Å²) in [5.41, 5.74) is 3.20. The molecular weight excluding hydrogens is 407 g/mol. The molecule has 0 bridgehead atoms. The van der Waals surface area contributed by atoms with E-state index in [2.05, 4.69) is 29.8 Å². The molecule has 3 aromatic rings. The van der Waals surface area contributed by atoms with Gasteiger partial charge < -0.3 is 19.5 Å². The quantitative estimate of drug-likeness (QED) is 0.517. The van der Waals surface area contributed by atoms with Gasteiger partial charge in [-0.15, -0.1) is 0 Å². The zero-order valence-corrected chi connectivity index (χ0v) is 18.5. The van der Waals surface area contributed by atoms with Crippen molar-refractivity contribution in [3.63, 3.8) is 0 Å². The van der Waals surface area contributed by atoms with Gasteiger partial charge in [0.25, 0.3) is 5.88 Å². The maximum Gasteiger partial charge on any atom is 0.250 e. The van der Waals surface area contributed by atoms with E-state index in [9.17, 15) is 9.50 Å². The number of hydrogen-bond acceptors (Lipinski definition) is 5. The lowest BCUT2D eigenvalue weighted by Gasteiger charge is -2.23. The second-order valence-electron chi connectivity index (χ2n) is 8.32. The van der Waals surface area contributed by atoms with Gasteiger partial charge in [-0.1, -0.05) is 32.0 Å². The third kappa shape index (κ3) is 5.02. The van der Waals surface area contributed by atoms with Gasteiger partial charge in [-0.2, -0.15) is 0 Å². The van der Waals surface area contributed by atoms with E-state index in [0.29, 0.717) is 18.9 Å². The smallest absolute Gasteiger partial charge is 0.250 e. The SMILES string of the molecule is CC(C)c1ccccc1Oc1ccc(N2CC[C@H](Oc3ncccc3F)C2)c(CCO)c1. The van der Waals surface area contributed by atoms with Gasteiger partial charge in [0.15, 0.2) is 5.82 Å². The molecule has 0 spiro atoms. The molecule has 0 radical (unpaired) electrons. The predicted molar refractivity (Wildman–Crippen MR) is 123 cm³/mol. The monoisotopic (exact) mass is 436 g/mol. The van der Waals surface area contributed by atoms with Crippen LogP contribution in [0.1, 0.15) is 37.3 Å². The van der Waals surface area contributed by atoms with Crippen molar-refractivity contribution in [3.8, 4) is 17.4 Å². The molecule has 4 rings (SSSR count). The van der Waals surface area contributed by atoms with Gasteiger partial charge in [0, 0.05) is 31.5 Å². The van der Waals surface area contributed by atoms with Crippen LogP contribution in [0.15, 0.2) is 60.8 Å². The Bertz CT molecular complexity index is 1060. The third-order valence-electron chi connectivity index (χ3n) is 5.69. The molecule has 1 aliphatic rings. The van der Waals surface area contributed by atoms with E-state index < -0.39 is 5.82 Å². The Kier molecular flexibility index (Phi) is 6.90. The average Bonchev–Trinajstić information content (AvgIpc) is 3.24. The molecule has 5 nitrogen and oxygen atoms in total. The number of rotatable bonds is 8. The molecular formula is C26H29FN2O3. The lowest BCUT2D eigenvalue weighted by atomic mass is 10.0. The van der Waals surface area contributed by atoms with Crippen molar-refractivity contribution in [1.82, 2.24) is 4.98 Å². The Hall–Kier alpha value is -3.12. The first-order chi connectivity index (χ1) is 15.5. The number of benzene rings is 2. The minimum Gasteiger partial charge on any atom is -0.470 e. The van der Waals surface area contributed by atoms with Crippen molar-refractivity contribution in [3.05, 3.63) is 77.7 Å². The molecule has 2 aromatic carbocycles. The minimum atomic E-state index is -0.449. The fraction of sp³-hybridized carbons (Fsp3) is 0.346. The van der Waals surface area contributed by atoms with E-state index in [0.717, 1.165) is 41.3 Å². The van der Waals surface area contributed by atoms with Crippen LogP contribution in [0.25, 0.3) is 0 Å². The first-order valence-electron chi connectivity index (χ1n) is 11.1. The number of ether oxygens (including phenoxy) is 2. The summed E-state index contributed by atoms with van der Waals surface area (Å²) in [4.78, 5) is 6.20. The highest BCUT2D eigenvalue weighted by Crippen LogP contribution is 2.34. The van der Waals surface area contributed by atoms with Crippen molar-refractivity contribution in [2.45, 2.75) is 38.7 Å². The lowest BCUT2D eigenvalue weighted by Crippen LogP contribution is -2.26. The van der Waals surface area contributed by atoms with Crippen molar-refractivity contribution >= 4 is 5.69 Å². The fourth-order valence-electron chi connectivity index (χ4n) is 4.09. The van der Waals surface area contributed by atoms with Crippen LogP contribution in [0.4, 0.5) is 10.1 Å². The first-order valence-corrected chi connectivity index (χ1v) is 11.1. The summed E-state index contributed by atoms with van der Waals surface area (Å²) in [6.45, 7) is 5.75. The molecule has 0 unspecified atom stereocenters. The van der Waals surface area contributed by atoms with Gasteiger partial charge in [-0.3, -0.25) is 0 Å². The lowest BCUT2D eigenvalue weighted by molar-refractivity contribution is 0.205. The van der Waals surface area contributed by atoms with Crippen LogP contribution < -0.4 is 14.4 Å². The van der Waals surface area contributed by atoms with E-state index in [1.807, 2.05) is 36.4 Å². The molecule has 32 heavy (non-hydrogen) atoms. The second-order valence-corrected chi connectivity index (χ2v) is 8.32. The Morgan fingerprint density at radius 1 is 1.16 bits per heavy atom. The van der Waals surface area contributed by atoms with E-state index in [4.69, 9.17) is 9.47 Å². The van der Waals surface area contributed by atoms with Gasteiger partial charge in [0.1, 0.15) is 17.6 Å². The Morgan fingerprint density at radius 3 is 2.78 bits per heavy atom. The zero-order chi connectivity index (χ0) is 22.5. The largest absolute Gasteiger partial charge is 0.470 e. The van der Waals surface area contributed by atoms with Gasteiger partial charge in [-0.25, -0.2) is 9.37 Å². The molecule has 1 saturated heterocycles. The summed E-state index contributed by atoms with van der Waals surface area (Å²) in [7, 11) is 0. The third-order valence-corrected chi connectivity index (χ3v) is 5.69. The van der Waals surface area contributed by atoms with Gasteiger partial charge in [0.05, 0.1) is 6.54 Å². The van der Waals surface area contributed by atoms with Crippen LogP contribution >= 0.6 is 0 Å². The molecule has 0 aliphatic carbocycles. The highest BCUT2D eigenvalue weighted by atomic mass is 19.1. The van der Waals surface area contributed by atoms with Crippen LogP contribution in [-0.2, 0) is 6.42 Å². The standard InChI is InChI=1S/C26H29FN2O3/c1-18(2)22-6-3-4-8-25(22)31-20-9-10-24(19(16-20)12-15-30)29-14-11-21(17-29)32-26-23(27)7-5-13-28-26/h3-10,13,16,18,21,30H,11-12,14-15,17H2,1-2H3/t21-/m0/s1. The predicted octanol–water partition coefficient (Wildman–Crippen LogP) is 5.33. The van der Waals surface area contributed by atoms with E-state index >= 15 is 0 Å². The van der Waals surface area contributed by atoms with Crippen molar-refractivity contribution in [1.29, 1.82) is 0 Å². The van der Waals surface area contributed by atoms with E-state index in [-0.39, 0.29) is 18.6 Å². The van der Waals surface area contributed by atoms with E-state index in [1.165, 1.54) is 12.3 Å². The number of aliphatic hydroxyl groups excluding tert-OH is 1. The van der Waals surface area contributed by atoms with Gasteiger partial charge >= 0.3 is 0 Å². The van der Waals surface area contributed by atoms with Crippen molar-refractivity contribution < 1.29 is 19.0 Å². The second kappa shape index (κ2) is 10.0. The fourth-order valence-corrected chi connectivity index (χ4v) is 4.09. The van der Waals surface area contributed by atoms with Crippen LogP contribution in [0.3, 0.4) is 0 Å². The molecule has 2 heterocycles. The highest BCUT2D eigenvalue weighted by Gasteiger charge is 2.27. The van der Waals surface area contributed by atoms with Crippen molar-refractivity contribution in [2.75, 3.05) is 24.6 Å². The first kappa shape index (κ1) is 22.1. The molecule has 168 valence electrons. The summed E-state index contributed by atoms with van der Waals surface area (Å²) in [6.07, 6.45) is 2.68. The zero-order valence-electron chi connectivity index (χ0n) is 18.5. The average molecular weight is 437 g/mol. The van der Waals surface area contributed by atoms with E-state index in [1.54, 1.807) is 6.07 Å². The highest BCUT2D eigenvalue weighted by molar-refractivity contribution is 5.58. The normalized spacial score (nSPS) is 15.9. The number of halogens is 1. The van der Waals surface area contributed by atoms with Crippen molar-refractivity contribution in [2.24, 2.45) is 0 Å². The number of aliphatic hydroxyl groups is 1. The number of nitrogens with zero attached hydrogens (tertiary/aromatic N) is 2. The van der Waals surface area contributed by atoms with Crippen LogP contribution in [-0.4, -0.2) is 35.9 Å². The summed E-state index contributed by atoms with van der Waals surface area (Å²) in [6, 6.07) is 16.9. The maximum absolute atomic E-state index is 13.9.